The molecule has 2 aromatic rings. The predicted molar refractivity (Wildman–Crippen MR) is 122 cm³/mol. The van der Waals surface area contributed by atoms with Gasteiger partial charge in [0.15, 0.2) is 0 Å². The Bertz CT molecular complexity index is 987. The highest BCUT2D eigenvalue weighted by atomic mass is 16.4. The third-order valence-electron chi connectivity index (χ3n) is 5.50. The second-order valence-corrected chi connectivity index (χ2v) is 8.53. The van der Waals surface area contributed by atoms with Gasteiger partial charge in [-0.1, -0.05) is 56.3 Å². The number of imide groups is 1. The molecule has 2 aromatic carbocycles. The van der Waals surface area contributed by atoms with Crippen LogP contribution in [0.1, 0.15) is 59.4 Å². The van der Waals surface area contributed by atoms with Gasteiger partial charge in [-0.3, -0.25) is 29.4 Å². The van der Waals surface area contributed by atoms with E-state index < -0.39 is 30.0 Å². The molecule has 3 N–H and O–H groups in total. The lowest BCUT2D eigenvalue weighted by molar-refractivity contribution is -0.137. The average molecular weight is 452 g/mol. The fraction of sp³-hybridized carbons (Fsp3) is 0.360. The molecule has 0 aromatic heterocycles. The maximum atomic E-state index is 13.0. The Morgan fingerprint density at radius 2 is 1.52 bits per heavy atom. The standard InChI is InChI=1S/C25H29N3O5/c1-16(2)14-20(23(31)26-15-17-8-4-3-5-9-17)27-21(12-13-22(29)30)28-24(32)18-10-6-7-11-19(18)25(28)33/h3-11,16,20-21,27H,12-15H2,1-2H3,(H,26,31)(H,29,30)/t20-,21?/m0/s1. The minimum absolute atomic E-state index is 0.0125. The Balaban J connectivity index is 1.80. The third kappa shape index (κ3) is 6.04. The van der Waals surface area contributed by atoms with Crippen LogP contribution in [0.25, 0.3) is 0 Å². The highest BCUT2D eigenvalue weighted by molar-refractivity contribution is 6.21. The zero-order chi connectivity index (χ0) is 24.0. The molecule has 174 valence electrons. The Kier molecular flexibility index (Phi) is 7.95. The molecule has 0 bridgehead atoms. The van der Waals surface area contributed by atoms with Gasteiger partial charge in [-0.25, -0.2) is 0 Å². The van der Waals surface area contributed by atoms with Crippen molar-refractivity contribution in [3.63, 3.8) is 0 Å². The summed E-state index contributed by atoms with van der Waals surface area (Å²) < 4.78 is 0. The van der Waals surface area contributed by atoms with Gasteiger partial charge in [-0.05, 0) is 36.5 Å². The molecule has 1 heterocycles. The third-order valence-corrected chi connectivity index (χ3v) is 5.50. The van der Waals surface area contributed by atoms with Crippen molar-refractivity contribution in [1.29, 1.82) is 0 Å². The number of carboxylic acids is 1. The molecule has 0 saturated carbocycles. The van der Waals surface area contributed by atoms with Crippen LogP contribution < -0.4 is 10.6 Å². The first kappa shape index (κ1) is 24.1. The predicted octanol–water partition coefficient (Wildman–Crippen LogP) is 2.79. The molecule has 3 rings (SSSR count). The van der Waals surface area contributed by atoms with Crippen molar-refractivity contribution in [3.05, 3.63) is 71.3 Å². The zero-order valence-corrected chi connectivity index (χ0v) is 18.8. The largest absolute Gasteiger partial charge is 0.481 e. The summed E-state index contributed by atoms with van der Waals surface area (Å²) >= 11 is 0. The van der Waals surface area contributed by atoms with Crippen LogP contribution in [0.4, 0.5) is 0 Å². The van der Waals surface area contributed by atoms with E-state index in [1.165, 1.54) is 0 Å². The normalized spacial score (nSPS) is 14.8. The zero-order valence-electron chi connectivity index (χ0n) is 18.8. The van der Waals surface area contributed by atoms with E-state index in [1.807, 2.05) is 44.2 Å². The maximum absolute atomic E-state index is 13.0. The number of aliphatic carboxylic acids is 1. The van der Waals surface area contributed by atoms with Crippen molar-refractivity contribution >= 4 is 23.7 Å². The molecule has 8 heteroatoms. The molecule has 0 saturated heterocycles. The lowest BCUT2D eigenvalue weighted by atomic mass is 10.0. The molecule has 0 spiro atoms. The number of carboxylic acid groups (broad SMARTS) is 1. The Morgan fingerprint density at radius 1 is 0.939 bits per heavy atom. The van der Waals surface area contributed by atoms with Gasteiger partial charge >= 0.3 is 5.97 Å². The first-order valence-corrected chi connectivity index (χ1v) is 11.0. The average Bonchev–Trinajstić information content (AvgIpc) is 3.05. The number of hydrogen-bond acceptors (Lipinski definition) is 5. The smallest absolute Gasteiger partial charge is 0.303 e. The quantitative estimate of drug-likeness (QED) is 0.453. The lowest BCUT2D eigenvalue weighted by Gasteiger charge is -2.31. The van der Waals surface area contributed by atoms with E-state index in [1.54, 1.807) is 24.3 Å². The van der Waals surface area contributed by atoms with E-state index in [0.29, 0.717) is 13.0 Å². The first-order chi connectivity index (χ1) is 15.8. The van der Waals surface area contributed by atoms with Gasteiger partial charge in [0.1, 0.15) is 0 Å². The van der Waals surface area contributed by atoms with Crippen LogP contribution in [0, 0.1) is 5.92 Å². The first-order valence-electron chi connectivity index (χ1n) is 11.0. The molecule has 3 amide bonds. The fourth-order valence-electron chi connectivity index (χ4n) is 3.90. The SMILES string of the molecule is CC(C)C[C@H](NC(CCC(=O)O)N1C(=O)c2ccccc2C1=O)C(=O)NCc1ccccc1. The van der Waals surface area contributed by atoms with E-state index in [2.05, 4.69) is 10.6 Å². The molecule has 8 nitrogen and oxygen atoms in total. The summed E-state index contributed by atoms with van der Waals surface area (Å²) in [6.07, 6.45) is -0.750. The number of amides is 3. The second kappa shape index (κ2) is 10.9. The van der Waals surface area contributed by atoms with E-state index in [0.717, 1.165) is 10.5 Å². The van der Waals surface area contributed by atoms with Crippen LogP contribution in [0.2, 0.25) is 0 Å². The Labute approximate surface area is 193 Å². The highest BCUT2D eigenvalue weighted by Crippen LogP contribution is 2.26. The molecule has 2 atom stereocenters. The van der Waals surface area contributed by atoms with E-state index in [4.69, 9.17) is 0 Å². The molecule has 0 aliphatic carbocycles. The van der Waals surface area contributed by atoms with Gasteiger partial charge in [0, 0.05) is 13.0 Å². The molecule has 33 heavy (non-hydrogen) atoms. The molecule has 1 aliphatic heterocycles. The summed E-state index contributed by atoms with van der Waals surface area (Å²) in [7, 11) is 0. The molecular weight excluding hydrogens is 422 g/mol. The summed E-state index contributed by atoms with van der Waals surface area (Å²) in [4.78, 5) is 51.3. The number of hydrogen-bond donors (Lipinski definition) is 3. The van der Waals surface area contributed by atoms with Crippen molar-refractivity contribution in [2.45, 2.75) is 51.9 Å². The summed E-state index contributed by atoms with van der Waals surface area (Å²) in [5, 5.41) is 15.2. The number of benzene rings is 2. The van der Waals surface area contributed by atoms with Crippen LogP contribution in [0.3, 0.4) is 0 Å². The van der Waals surface area contributed by atoms with Crippen molar-refractivity contribution in [1.82, 2.24) is 15.5 Å². The number of nitrogens with one attached hydrogen (secondary N) is 2. The van der Waals surface area contributed by atoms with Crippen molar-refractivity contribution in [3.8, 4) is 0 Å². The molecule has 0 radical (unpaired) electrons. The van der Waals surface area contributed by atoms with E-state index in [9.17, 15) is 24.3 Å². The van der Waals surface area contributed by atoms with Gasteiger partial charge in [0.2, 0.25) is 5.91 Å². The van der Waals surface area contributed by atoms with E-state index >= 15 is 0 Å². The summed E-state index contributed by atoms with van der Waals surface area (Å²) in [6, 6.07) is 15.2. The Hall–Kier alpha value is -3.52. The van der Waals surface area contributed by atoms with Crippen molar-refractivity contribution in [2.24, 2.45) is 5.92 Å². The van der Waals surface area contributed by atoms with Crippen LogP contribution in [-0.4, -0.2) is 45.9 Å². The highest BCUT2D eigenvalue weighted by Gasteiger charge is 2.41. The van der Waals surface area contributed by atoms with Crippen LogP contribution in [0.15, 0.2) is 54.6 Å². The van der Waals surface area contributed by atoms with Crippen LogP contribution in [-0.2, 0) is 16.1 Å². The van der Waals surface area contributed by atoms with Gasteiger partial charge in [0.25, 0.3) is 11.8 Å². The number of fused-ring (bicyclic) bond motifs is 1. The summed E-state index contributed by atoms with van der Waals surface area (Å²) in [5.41, 5.74) is 1.49. The summed E-state index contributed by atoms with van der Waals surface area (Å²) in [5.74, 6) is -2.16. The number of carbonyl (C=O) groups excluding carboxylic acids is 3. The molecular formula is C25H29N3O5. The van der Waals surface area contributed by atoms with E-state index in [-0.39, 0.29) is 35.8 Å². The number of nitrogens with zero attached hydrogens (tertiary/aromatic N) is 1. The van der Waals surface area contributed by atoms with Gasteiger partial charge in [-0.15, -0.1) is 0 Å². The van der Waals surface area contributed by atoms with Crippen molar-refractivity contribution < 1.29 is 24.3 Å². The molecule has 1 aliphatic rings. The molecule has 0 fully saturated rings. The summed E-state index contributed by atoms with van der Waals surface area (Å²) in [6.45, 7) is 4.27. The number of carbonyl (C=O) groups is 4. The Morgan fingerprint density at radius 3 is 2.06 bits per heavy atom. The van der Waals surface area contributed by atoms with Gasteiger partial charge in [0.05, 0.1) is 23.3 Å². The van der Waals surface area contributed by atoms with Gasteiger partial charge < -0.3 is 10.4 Å². The van der Waals surface area contributed by atoms with Gasteiger partial charge in [-0.2, -0.15) is 0 Å². The lowest BCUT2D eigenvalue weighted by Crippen LogP contribution is -2.56. The van der Waals surface area contributed by atoms with Crippen molar-refractivity contribution in [2.75, 3.05) is 0 Å². The second-order valence-electron chi connectivity index (χ2n) is 8.53. The maximum Gasteiger partial charge on any atom is 0.303 e. The topological polar surface area (TPSA) is 116 Å². The fourth-order valence-corrected chi connectivity index (χ4v) is 3.90. The monoisotopic (exact) mass is 451 g/mol. The van der Waals surface area contributed by atoms with Crippen LogP contribution in [0.5, 0.6) is 0 Å². The molecule has 1 unspecified atom stereocenters. The number of rotatable bonds is 11. The minimum Gasteiger partial charge on any atom is -0.481 e. The minimum atomic E-state index is -1.05. The van der Waals surface area contributed by atoms with Crippen LogP contribution >= 0.6 is 0 Å².